The molecule has 0 radical (unpaired) electrons. The lowest BCUT2D eigenvalue weighted by molar-refractivity contribution is -0.139. The van der Waals surface area contributed by atoms with Crippen molar-refractivity contribution in [3.05, 3.63) is 35.6 Å². The van der Waals surface area contributed by atoms with Crippen LogP contribution < -0.4 is 5.32 Å². The highest BCUT2D eigenvalue weighted by Crippen LogP contribution is 2.26. The molecule has 8 heteroatoms. The molecule has 1 atom stereocenters. The topological polar surface area (TPSA) is 44.8 Å². The number of hydrogen-bond acceptors (Lipinski definition) is 4. The second-order valence-electron chi connectivity index (χ2n) is 6.00. The van der Waals surface area contributed by atoms with E-state index < -0.39 is 6.04 Å². The molecule has 0 aromatic heterocycles. The van der Waals surface area contributed by atoms with Crippen molar-refractivity contribution in [2.45, 2.75) is 12.5 Å². The van der Waals surface area contributed by atoms with Crippen molar-refractivity contribution in [1.29, 1.82) is 0 Å². The smallest absolute Gasteiger partial charge is 0.244 e. The van der Waals surface area contributed by atoms with Crippen LogP contribution in [0, 0.1) is 5.82 Å². The van der Waals surface area contributed by atoms with E-state index in [0.717, 1.165) is 26.1 Å². The van der Waals surface area contributed by atoms with Gasteiger partial charge in [0.1, 0.15) is 11.9 Å². The van der Waals surface area contributed by atoms with Crippen LogP contribution in [0.3, 0.4) is 0 Å². The fourth-order valence-corrected chi connectivity index (χ4v) is 3.26. The Morgan fingerprint density at radius 2 is 1.80 bits per heavy atom. The number of carbonyl (C=O) groups excluding carboxylic acids is 1. The van der Waals surface area contributed by atoms with E-state index in [2.05, 4.69) is 5.32 Å². The maximum Gasteiger partial charge on any atom is 0.244 e. The Morgan fingerprint density at radius 1 is 1.08 bits per heavy atom. The molecule has 0 saturated carbocycles. The van der Waals surface area contributed by atoms with Gasteiger partial charge in [-0.25, -0.2) is 4.39 Å². The molecule has 1 aromatic rings. The largest absolute Gasteiger partial charge is 0.379 e. The highest BCUT2D eigenvalue weighted by molar-refractivity contribution is 5.85. The van der Waals surface area contributed by atoms with E-state index >= 15 is 0 Å². The van der Waals surface area contributed by atoms with Crippen molar-refractivity contribution in [3.63, 3.8) is 0 Å². The molecule has 0 bridgehead atoms. The van der Waals surface area contributed by atoms with Gasteiger partial charge in [0.05, 0.1) is 13.2 Å². The zero-order valence-electron chi connectivity index (χ0n) is 14.2. The molecule has 2 heterocycles. The van der Waals surface area contributed by atoms with E-state index in [9.17, 15) is 9.18 Å². The number of benzene rings is 1. The van der Waals surface area contributed by atoms with Crippen LogP contribution in [-0.2, 0) is 9.53 Å². The molecule has 3 rings (SSSR count). The second kappa shape index (κ2) is 10.9. The molecule has 5 nitrogen and oxygen atoms in total. The SMILES string of the molecule is Cl.Cl.O=C(C(c1ccccc1F)N1CCOCC1)N1CCCNCC1. The van der Waals surface area contributed by atoms with Crippen LogP contribution in [0.2, 0.25) is 0 Å². The minimum atomic E-state index is -0.557. The summed E-state index contributed by atoms with van der Waals surface area (Å²) in [5, 5.41) is 3.30. The molecule has 2 saturated heterocycles. The summed E-state index contributed by atoms with van der Waals surface area (Å²) < 4.78 is 19.8. The first kappa shape index (κ1) is 22.1. The van der Waals surface area contributed by atoms with E-state index in [0.29, 0.717) is 38.4 Å². The summed E-state index contributed by atoms with van der Waals surface area (Å²) in [5.74, 6) is -0.314. The van der Waals surface area contributed by atoms with Crippen molar-refractivity contribution in [3.8, 4) is 0 Å². The lowest BCUT2D eigenvalue weighted by Crippen LogP contribution is -2.48. The minimum Gasteiger partial charge on any atom is -0.379 e. The predicted octanol–water partition coefficient (Wildman–Crippen LogP) is 1.86. The molecule has 2 fully saturated rings. The van der Waals surface area contributed by atoms with Gasteiger partial charge in [-0.15, -0.1) is 24.8 Å². The van der Waals surface area contributed by atoms with Crippen LogP contribution in [-0.4, -0.2) is 68.2 Å². The maximum absolute atomic E-state index is 14.4. The Labute approximate surface area is 160 Å². The van der Waals surface area contributed by atoms with Crippen molar-refractivity contribution in [2.75, 3.05) is 52.5 Å². The van der Waals surface area contributed by atoms with E-state index in [-0.39, 0.29) is 36.5 Å². The van der Waals surface area contributed by atoms with Crippen molar-refractivity contribution in [1.82, 2.24) is 15.1 Å². The van der Waals surface area contributed by atoms with Crippen LogP contribution in [0.5, 0.6) is 0 Å². The van der Waals surface area contributed by atoms with Gasteiger partial charge in [0.25, 0.3) is 0 Å². The molecule has 0 spiro atoms. The van der Waals surface area contributed by atoms with Gasteiger partial charge in [0.2, 0.25) is 5.91 Å². The fourth-order valence-electron chi connectivity index (χ4n) is 3.26. The normalized spacial score (nSPS) is 20.0. The minimum absolute atomic E-state index is 0. The molecule has 142 valence electrons. The first-order valence-electron chi connectivity index (χ1n) is 8.33. The van der Waals surface area contributed by atoms with Crippen molar-refractivity contribution in [2.24, 2.45) is 0 Å². The molecule has 1 N–H and O–H groups in total. The van der Waals surface area contributed by atoms with Crippen molar-refractivity contribution >= 4 is 30.7 Å². The third-order valence-electron chi connectivity index (χ3n) is 4.50. The van der Waals surface area contributed by atoms with Crippen LogP contribution in [0.15, 0.2) is 24.3 Å². The van der Waals surface area contributed by atoms with Gasteiger partial charge in [0.15, 0.2) is 0 Å². The van der Waals surface area contributed by atoms with E-state index in [1.165, 1.54) is 6.07 Å². The maximum atomic E-state index is 14.4. The number of rotatable bonds is 3. The Balaban J connectivity index is 0.00000156. The first-order valence-corrected chi connectivity index (χ1v) is 8.33. The van der Waals surface area contributed by atoms with Crippen LogP contribution in [0.1, 0.15) is 18.0 Å². The number of nitrogens with zero attached hydrogens (tertiary/aromatic N) is 2. The van der Waals surface area contributed by atoms with Crippen molar-refractivity contribution < 1.29 is 13.9 Å². The average Bonchev–Trinajstić information content (AvgIpc) is 2.87. The molecule has 25 heavy (non-hydrogen) atoms. The van der Waals surface area contributed by atoms with E-state index in [1.54, 1.807) is 18.2 Å². The number of amides is 1. The second-order valence-corrected chi connectivity index (χ2v) is 6.00. The lowest BCUT2D eigenvalue weighted by atomic mass is 10.0. The Kier molecular flexibility index (Phi) is 9.67. The highest BCUT2D eigenvalue weighted by Gasteiger charge is 2.34. The zero-order valence-corrected chi connectivity index (χ0v) is 15.8. The number of nitrogens with one attached hydrogen (secondary N) is 1. The van der Waals surface area contributed by atoms with Gasteiger partial charge in [-0.05, 0) is 19.0 Å². The van der Waals surface area contributed by atoms with E-state index in [1.807, 2.05) is 9.80 Å². The number of ether oxygens (including phenoxy) is 1. The Bertz CT molecular complexity index is 536. The summed E-state index contributed by atoms with van der Waals surface area (Å²) in [4.78, 5) is 17.1. The van der Waals surface area contributed by atoms with Crippen LogP contribution >= 0.6 is 24.8 Å². The molecule has 1 amide bonds. The molecule has 2 aliphatic heterocycles. The summed E-state index contributed by atoms with van der Waals surface area (Å²) in [6, 6.07) is 6.06. The molecule has 1 aromatic carbocycles. The molecular formula is C17H26Cl2FN3O2. The fraction of sp³-hybridized carbons (Fsp3) is 0.588. The summed E-state index contributed by atoms with van der Waals surface area (Å²) in [7, 11) is 0. The zero-order chi connectivity index (χ0) is 16.1. The van der Waals surface area contributed by atoms with Gasteiger partial charge < -0.3 is 15.0 Å². The Hall–Kier alpha value is -0.920. The summed E-state index contributed by atoms with van der Waals surface area (Å²) >= 11 is 0. The first-order chi connectivity index (χ1) is 11.3. The third kappa shape index (κ3) is 5.53. The predicted molar refractivity (Wildman–Crippen MR) is 100 cm³/mol. The molecule has 0 aliphatic carbocycles. The average molecular weight is 394 g/mol. The number of carbonyl (C=O) groups is 1. The molecule has 1 unspecified atom stereocenters. The van der Waals surface area contributed by atoms with Gasteiger partial charge in [-0.1, -0.05) is 18.2 Å². The monoisotopic (exact) mass is 393 g/mol. The number of hydrogen-bond donors (Lipinski definition) is 1. The molecular weight excluding hydrogens is 368 g/mol. The summed E-state index contributed by atoms with van der Waals surface area (Å²) in [5.41, 5.74) is 0.469. The van der Waals surface area contributed by atoms with Gasteiger partial charge in [-0.3, -0.25) is 9.69 Å². The third-order valence-corrected chi connectivity index (χ3v) is 4.50. The van der Waals surface area contributed by atoms with Gasteiger partial charge >= 0.3 is 0 Å². The summed E-state index contributed by atoms with van der Waals surface area (Å²) in [6.45, 7) is 5.58. The number of morpholine rings is 1. The number of halogens is 3. The molecule has 2 aliphatic rings. The van der Waals surface area contributed by atoms with Gasteiger partial charge in [-0.2, -0.15) is 0 Å². The Morgan fingerprint density at radius 3 is 2.52 bits per heavy atom. The van der Waals surface area contributed by atoms with Gasteiger partial charge in [0, 0.05) is 38.3 Å². The van der Waals surface area contributed by atoms with E-state index in [4.69, 9.17) is 4.74 Å². The quantitative estimate of drug-likeness (QED) is 0.850. The van der Waals surface area contributed by atoms with Crippen LogP contribution in [0.25, 0.3) is 0 Å². The highest BCUT2D eigenvalue weighted by atomic mass is 35.5. The summed E-state index contributed by atoms with van der Waals surface area (Å²) in [6.07, 6.45) is 0.929. The standard InChI is InChI=1S/C17H24FN3O2.2ClH/c18-15-5-2-1-4-14(15)16(20-10-12-23-13-11-20)17(22)21-8-3-6-19-7-9-21;;/h1-2,4-5,16,19H,3,6-13H2;2*1H. The lowest BCUT2D eigenvalue weighted by Gasteiger charge is -2.36. The van der Waals surface area contributed by atoms with Crippen LogP contribution in [0.4, 0.5) is 4.39 Å².